The van der Waals surface area contributed by atoms with Crippen LogP contribution in [0.25, 0.3) is 11.5 Å². The van der Waals surface area contributed by atoms with Gasteiger partial charge in [0, 0.05) is 16.1 Å². The first kappa shape index (κ1) is 22.1. The van der Waals surface area contributed by atoms with Gasteiger partial charge in [0.05, 0.1) is 24.1 Å². The maximum Gasteiger partial charge on any atom is 0.339 e. The van der Waals surface area contributed by atoms with Crippen LogP contribution in [0.3, 0.4) is 0 Å². The smallest absolute Gasteiger partial charge is 0.339 e. The predicted molar refractivity (Wildman–Crippen MR) is 113 cm³/mol. The fourth-order valence-corrected chi connectivity index (χ4v) is 4.78. The van der Waals surface area contributed by atoms with E-state index >= 15 is 0 Å². The highest BCUT2D eigenvalue weighted by molar-refractivity contribution is 9.10. The Kier molecular flexibility index (Phi) is 6.69. The van der Waals surface area contributed by atoms with Crippen LogP contribution in [0.5, 0.6) is 0 Å². The van der Waals surface area contributed by atoms with Crippen LogP contribution >= 0.6 is 15.9 Å². The molecule has 8 nitrogen and oxygen atoms in total. The maximum absolute atomic E-state index is 13.3. The molecule has 3 aromatic rings. The number of halogens is 1. The van der Waals surface area contributed by atoms with Crippen molar-refractivity contribution >= 4 is 31.9 Å². The number of methoxy groups -OCH3 is 1. The number of nitrogens with zero attached hydrogens (tertiary/aromatic N) is 3. The summed E-state index contributed by atoms with van der Waals surface area (Å²) in [4.78, 5) is 11.9. The van der Waals surface area contributed by atoms with Crippen molar-refractivity contribution in [1.29, 1.82) is 0 Å². The topological polar surface area (TPSA) is 103 Å². The lowest BCUT2D eigenvalue weighted by Gasteiger charge is -2.24. The van der Waals surface area contributed by atoms with E-state index in [0.717, 1.165) is 5.56 Å². The highest BCUT2D eigenvalue weighted by Crippen LogP contribution is 2.27. The van der Waals surface area contributed by atoms with Crippen molar-refractivity contribution in [3.05, 3.63) is 64.5 Å². The molecule has 0 aliphatic heterocycles. The number of sulfonamides is 1. The van der Waals surface area contributed by atoms with E-state index in [1.54, 1.807) is 13.8 Å². The average Bonchev–Trinajstić information content (AvgIpc) is 3.21. The second-order valence-corrected chi connectivity index (χ2v) is 9.39. The Morgan fingerprint density at radius 1 is 1.17 bits per heavy atom. The van der Waals surface area contributed by atoms with Gasteiger partial charge in [-0.05, 0) is 60.1 Å². The summed E-state index contributed by atoms with van der Waals surface area (Å²) in [7, 11) is -2.73. The third-order valence-electron chi connectivity index (χ3n) is 4.30. The van der Waals surface area contributed by atoms with E-state index in [-0.39, 0.29) is 22.9 Å². The van der Waals surface area contributed by atoms with E-state index in [0.29, 0.717) is 10.4 Å². The minimum absolute atomic E-state index is 0.0393. The van der Waals surface area contributed by atoms with E-state index in [4.69, 9.17) is 9.15 Å². The highest BCUT2D eigenvalue weighted by atomic mass is 79.9. The van der Waals surface area contributed by atoms with Crippen LogP contribution in [0, 0.1) is 0 Å². The van der Waals surface area contributed by atoms with Gasteiger partial charge in [-0.1, -0.05) is 18.2 Å². The van der Waals surface area contributed by atoms with Gasteiger partial charge >= 0.3 is 5.97 Å². The molecule has 0 amide bonds. The number of benzene rings is 2. The molecule has 0 saturated heterocycles. The molecule has 2 aromatic carbocycles. The second-order valence-electron chi connectivity index (χ2n) is 6.64. The zero-order chi connectivity index (χ0) is 21.9. The Bertz CT molecular complexity index is 1150. The number of carbonyl (C=O) groups excluding carboxylic acids is 1. The van der Waals surface area contributed by atoms with E-state index < -0.39 is 22.0 Å². The highest BCUT2D eigenvalue weighted by Gasteiger charge is 2.30. The van der Waals surface area contributed by atoms with Crippen molar-refractivity contribution < 1.29 is 22.4 Å². The van der Waals surface area contributed by atoms with Crippen molar-refractivity contribution in [2.75, 3.05) is 7.11 Å². The molecule has 0 N–H and O–H groups in total. The normalized spacial score (nSPS) is 11.8. The minimum atomic E-state index is -3.96. The van der Waals surface area contributed by atoms with Crippen molar-refractivity contribution in [3.63, 3.8) is 0 Å². The fourth-order valence-electron chi connectivity index (χ4n) is 2.76. The monoisotopic (exact) mass is 493 g/mol. The molecule has 0 unspecified atom stereocenters. The number of aromatic nitrogens is 2. The molecule has 0 aliphatic carbocycles. The van der Waals surface area contributed by atoms with Crippen LogP contribution in [0.4, 0.5) is 0 Å². The zero-order valence-electron chi connectivity index (χ0n) is 16.6. The first-order valence-corrected chi connectivity index (χ1v) is 11.2. The van der Waals surface area contributed by atoms with Crippen molar-refractivity contribution in [1.82, 2.24) is 14.5 Å². The molecule has 1 aromatic heterocycles. The van der Waals surface area contributed by atoms with Gasteiger partial charge in [0.15, 0.2) is 0 Å². The van der Waals surface area contributed by atoms with E-state index in [1.165, 1.54) is 29.6 Å². The Balaban J connectivity index is 1.93. The third kappa shape index (κ3) is 4.61. The molecule has 30 heavy (non-hydrogen) atoms. The lowest BCUT2D eigenvalue weighted by molar-refractivity contribution is 0.0599. The molecule has 0 saturated carbocycles. The summed E-state index contributed by atoms with van der Waals surface area (Å²) in [6.45, 7) is 3.38. The van der Waals surface area contributed by atoms with Gasteiger partial charge in [-0.25, -0.2) is 13.2 Å². The van der Waals surface area contributed by atoms with Crippen LogP contribution in [0.1, 0.15) is 30.1 Å². The lowest BCUT2D eigenvalue weighted by Crippen LogP contribution is -2.36. The zero-order valence-corrected chi connectivity index (χ0v) is 19.0. The summed E-state index contributed by atoms with van der Waals surface area (Å²) < 4.78 is 38.7. The maximum atomic E-state index is 13.3. The van der Waals surface area contributed by atoms with Crippen molar-refractivity contribution in [2.45, 2.75) is 31.3 Å². The van der Waals surface area contributed by atoms with Gasteiger partial charge in [-0.3, -0.25) is 0 Å². The largest absolute Gasteiger partial charge is 0.465 e. The lowest BCUT2D eigenvalue weighted by atomic mass is 10.2. The Morgan fingerprint density at radius 3 is 2.50 bits per heavy atom. The number of carbonyl (C=O) groups is 1. The Morgan fingerprint density at radius 2 is 1.87 bits per heavy atom. The van der Waals surface area contributed by atoms with E-state index in [9.17, 15) is 13.2 Å². The minimum Gasteiger partial charge on any atom is -0.465 e. The first-order chi connectivity index (χ1) is 14.2. The van der Waals surface area contributed by atoms with Gasteiger partial charge in [0.1, 0.15) is 0 Å². The van der Waals surface area contributed by atoms with E-state index in [1.807, 2.05) is 30.3 Å². The summed E-state index contributed by atoms with van der Waals surface area (Å²) in [5.41, 5.74) is 0.859. The number of hydrogen-bond donors (Lipinski definition) is 0. The Hall–Kier alpha value is -2.56. The van der Waals surface area contributed by atoms with Crippen molar-refractivity contribution in [3.8, 4) is 11.5 Å². The molecule has 158 valence electrons. The summed E-state index contributed by atoms with van der Waals surface area (Å²) in [6.07, 6.45) is 0. The van der Waals surface area contributed by atoms with Gasteiger partial charge < -0.3 is 9.15 Å². The summed E-state index contributed by atoms with van der Waals surface area (Å²) in [6, 6.07) is 13.0. The number of hydrogen-bond acceptors (Lipinski definition) is 7. The molecule has 0 fully saturated rings. The van der Waals surface area contributed by atoms with Crippen LogP contribution in [-0.2, 0) is 21.3 Å². The summed E-state index contributed by atoms with van der Waals surface area (Å²) in [5, 5.41) is 8.00. The molecule has 0 atom stereocenters. The molecule has 1 heterocycles. The Labute approximate surface area is 183 Å². The molecule has 3 rings (SSSR count). The quantitative estimate of drug-likeness (QED) is 0.460. The number of esters is 1. The van der Waals surface area contributed by atoms with Crippen LogP contribution in [-0.4, -0.2) is 42.0 Å². The molecule has 0 spiro atoms. The van der Waals surface area contributed by atoms with Crippen LogP contribution in [0.2, 0.25) is 0 Å². The third-order valence-corrected chi connectivity index (χ3v) is 7.01. The van der Waals surface area contributed by atoms with Gasteiger partial charge in [0.25, 0.3) is 0 Å². The van der Waals surface area contributed by atoms with Crippen LogP contribution < -0.4 is 0 Å². The van der Waals surface area contributed by atoms with Gasteiger partial charge in [0.2, 0.25) is 21.8 Å². The number of ether oxygens (including phenoxy) is 1. The molecule has 10 heteroatoms. The van der Waals surface area contributed by atoms with Gasteiger partial charge in [-0.2, -0.15) is 4.31 Å². The standard InChI is InChI=1S/C20H20BrN3O5S/c1-13(2)24(12-18-22-23-19(29-18)14-7-5-4-6-8-14)30(26,27)15-9-10-17(21)16(11-15)20(25)28-3/h4-11,13H,12H2,1-3H3. The molecule has 0 bridgehead atoms. The molecule has 0 radical (unpaired) electrons. The first-order valence-electron chi connectivity index (χ1n) is 9.01. The van der Waals surface area contributed by atoms with E-state index in [2.05, 4.69) is 26.1 Å². The average molecular weight is 494 g/mol. The SMILES string of the molecule is COC(=O)c1cc(S(=O)(=O)N(Cc2nnc(-c3ccccc3)o2)C(C)C)ccc1Br. The fraction of sp³-hybridized carbons (Fsp3) is 0.250. The summed E-state index contributed by atoms with van der Waals surface area (Å²) >= 11 is 3.24. The molecule has 0 aliphatic rings. The predicted octanol–water partition coefficient (Wildman–Crippen LogP) is 3.89. The van der Waals surface area contributed by atoms with Crippen LogP contribution in [0.15, 0.2) is 62.3 Å². The summed E-state index contributed by atoms with van der Waals surface area (Å²) in [5.74, 6) is -0.167. The van der Waals surface area contributed by atoms with Gasteiger partial charge in [-0.15, -0.1) is 10.2 Å². The number of rotatable bonds is 7. The molecular weight excluding hydrogens is 474 g/mol. The van der Waals surface area contributed by atoms with Crippen molar-refractivity contribution in [2.24, 2.45) is 0 Å². The second kappa shape index (κ2) is 9.07. The molecular formula is C20H20BrN3O5S.